The Hall–Kier alpha value is -6.84. The minimum atomic E-state index is 0.235. The molecule has 11 aromatic rings. The molecule has 0 amide bonds. The standard InChI is InChI=1S/C52H35N3Se/c1-4-16-37(17-5-1)53(38-18-6-2-7-19-38)40-22-14-23-41(33-40)54(43-29-32-51-48(35-43)46-30-27-36-15-10-11-24-44(36)52(46)56-51)42-28-31-50-47(34-42)45-25-12-13-26-49(45)55(50)39-20-8-3-9-21-39/h1-35H. The van der Waals surface area contributed by atoms with Gasteiger partial charge in [0.15, 0.2) is 0 Å². The number of hydrogen-bond acceptors (Lipinski definition) is 2. The van der Waals surface area contributed by atoms with Gasteiger partial charge in [0.25, 0.3) is 0 Å². The Morgan fingerprint density at radius 2 is 0.857 bits per heavy atom. The summed E-state index contributed by atoms with van der Waals surface area (Å²) in [6, 6.07) is 77.3. The summed E-state index contributed by atoms with van der Waals surface area (Å²) in [7, 11) is 0. The molecule has 0 aliphatic rings. The van der Waals surface area contributed by atoms with Gasteiger partial charge in [-0.05, 0) is 0 Å². The van der Waals surface area contributed by atoms with Crippen LogP contribution in [0.4, 0.5) is 34.1 Å². The molecular formula is C52H35N3Se. The summed E-state index contributed by atoms with van der Waals surface area (Å²) in [5.41, 5.74) is 10.2. The third kappa shape index (κ3) is 5.42. The van der Waals surface area contributed by atoms with Crippen LogP contribution in [0.25, 0.3) is 57.6 Å². The number of benzene rings is 9. The number of rotatable bonds is 7. The fourth-order valence-electron chi connectivity index (χ4n) is 8.41. The molecule has 0 aliphatic heterocycles. The van der Waals surface area contributed by atoms with Crippen LogP contribution in [0, 0.1) is 0 Å². The van der Waals surface area contributed by atoms with Crippen LogP contribution < -0.4 is 9.80 Å². The summed E-state index contributed by atoms with van der Waals surface area (Å²) in [5, 5.41) is 7.83. The quantitative estimate of drug-likeness (QED) is 0.149. The molecule has 0 unspecified atom stereocenters. The molecule has 0 N–H and O–H groups in total. The Kier molecular flexibility index (Phi) is 7.84. The van der Waals surface area contributed by atoms with Crippen molar-refractivity contribution in [3.63, 3.8) is 0 Å². The van der Waals surface area contributed by atoms with Crippen molar-refractivity contribution in [3.8, 4) is 5.69 Å². The van der Waals surface area contributed by atoms with Gasteiger partial charge in [-0.2, -0.15) is 0 Å². The van der Waals surface area contributed by atoms with Crippen LogP contribution in [-0.2, 0) is 0 Å². The summed E-state index contributed by atoms with van der Waals surface area (Å²) in [6.07, 6.45) is 0. The predicted molar refractivity (Wildman–Crippen MR) is 240 cm³/mol. The van der Waals surface area contributed by atoms with Crippen molar-refractivity contribution in [2.75, 3.05) is 9.80 Å². The van der Waals surface area contributed by atoms with Gasteiger partial charge in [0, 0.05) is 0 Å². The van der Waals surface area contributed by atoms with Crippen LogP contribution in [0.3, 0.4) is 0 Å². The third-order valence-corrected chi connectivity index (χ3v) is 13.5. The Balaban J connectivity index is 1.15. The maximum absolute atomic E-state index is 2.44. The molecule has 4 heteroatoms. The van der Waals surface area contributed by atoms with Crippen molar-refractivity contribution >= 4 is 100 Å². The molecule has 0 spiro atoms. The number of fused-ring (bicyclic) bond motifs is 8. The summed E-state index contributed by atoms with van der Waals surface area (Å²) in [4.78, 5) is 4.78. The molecule has 0 fully saturated rings. The van der Waals surface area contributed by atoms with E-state index in [1.54, 1.807) is 0 Å². The second-order valence-electron chi connectivity index (χ2n) is 14.2. The van der Waals surface area contributed by atoms with Crippen LogP contribution in [-0.4, -0.2) is 19.1 Å². The van der Waals surface area contributed by atoms with Gasteiger partial charge in [-0.3, -0.25) is 0 Å². The van der Waals surface area contributed by atoms with E-state index in [0.717, 1.165) is 39.8 Å². The number of hydrogen-bond donors (Lipinski definition) is 0. The van der Waals surface area contributed by atoms with Crippen LogP contribution in [0.2, 0.25) is 0 Å². The first kappa shape index (κ1) is 32.6. The molecule has 3 nitrogen and oxygen atoms in total. The molecular weight excluding hydrogens is 746 g/mol. The van der Waals surface area contributed by atoms with Gasteiger partial charge in [-0.15, -0.1) is 0 Å². The number of anilines is 6. The Labute approximate surface area is 331 Å². The molecule has 264 valence electrons. The van der Waals surface area contributed by atoms with Gasteiger partial charge in [0.2, 0.25) is 0 Å². The molecule has 0 bridgehead atoms. The fraction of sp³-hybridized carbons (Fsp3) is 0. The number of nitrogens with zero attached hydrogens (tertiary/aromatic N) is 3. The van der Waals surface area contributed by atoms with Crippen LogP contribution >= 0.6 is 0 Å². The molecule has 2 heterocycles. The number of aromatic nitrogens is 1. The molecule has 0 atom stereocenters. The normalized spacial score (nSPS) is 11.6. The summed E-state index contributed by atoms with van der Waals surface area (Å²) >= 11 is 0.235. The maximum atomic E-state index is 2.44. The van der Waals surface area contributed by atoms with Crippen LogP contribution in [0.15, 0.2) is 212 Å². The van der Waals surface area contributed by atoms with Gasteiger partial charge in [-0.25, -0.2) is 0 Å². The van der Waals surface area contributed by atoms with Gasteiger partial charge in [0.05, 0.1) is 0 Å². The molecule has 56 heavy (non-hydrogen) atoms. The molecule has 9 aromatic carbocycles. The van der Waals surface area contributed by atoms with E-state index < -0.39 is 0 Å². The van der Waals surface area contributed by atoms with E-state index in [1.165, 1.54) is 51.9 Å². The average Bonchev–Trinajstić information content (AvgIpc) is 3.81. The van der Waals surface area contributed by atoms with Crippen LogP contribution in [0.5, 0.6) is 0 Å². The van der Waals surface area contributed by atoms with Gasteiger partial charge >= 0.3 is 303 Å². The van der Waals surface area contributed by atoms with Crippen molar-refractivity contribution in [2.45, 2.75) is 0 Å². The molecule has 0 aliphatic carbocycles. The van der Waals surface area contributed by atoms with Gasteiger partial charge < -0.3 is 0 Å². The molecule has 0 saturated carbocycles. The molecule has 0 saturated heterocycles. The Bertz CT molecular complexity index is 3160. The fourth-order valence-corrected chi connectivity index (χ4v) is 11.0. The van der Waals surface area contributed by atoms with E-state index >= 15 is 0 Å². The zero-order valence-corrected chi connectivity index (χ0v) is 32.2. The summed E-state index contributed by atoms with van der Waals surface area (Å²) in [6.45, 7) is 0. The predicted octanol–water partition coefficient (Wildman–Crippen LogP) is 14.2. The number of para-hydroxylation sites is 4. The van der Waals surface area contributed by atoms with Crippen LogP contribution in [0.1, 0.15) is 0 Å². The zero-order chi connectivity index (χ0) is 37.0. The topological polar surface area (TPSA) is 11.4 Å². The van der Waals surface area contributed by atoms with E-state index in [1.807, 2.05) is 0 Å². The van der Waals surface area contributed by atoms with Crippen molar-refractivity contribution < 1.29 is 0 Å². The zero-order valence-electron chi connectivity index (χ0n) is 30.5. The van der Waals surface area contributed by atoms with Crippen molar-refractivity contribution in [1.82, 2.24) is 4.57 Å². The van der Waals surface area contributed by atoms with Crippen molar-refractivity contribution in [3.05, 3.63) is 212 Å². The average molecular weight is 781 g/mol. The Morgan fingerprint density at radius 1 is 0.321 bits per heavy atom. The summed E-state index contributed by atoms with van der Waals surface area (Å²) in [5.74, 6) is 0. The van der Waals surface area contributed by atoms with E-state index in [2.05, 4.69) is 227 Å². The second kappa shape index (κ2) is 13.5. The first-order valence-electron chi connectivity index (χ1n) is 19.0. The monoisotopic (exact) mass is 781 g/mol. The SMILES string of the molecule is c1ccc(N(c2ccccc2)c2cccc(N(c3ccc4[se]c5c6ccccc6ccc5c4c3)c3ccc4c(c3)c3ccccc3n4-c3ccccc3)c2)cc1. The van der Waals surface area contributed by atoms with Gasteiger partial charge in [-0.1, -0.05) is 30.3 Å². The van der Waals surface area contributed by atoms with E-state index in [4.69, 9.17) is 0 Å². The molecule has 0 radical (unpaired) electrons. The van der Waals surface area contributed by atoms with Crippen molar-refractivity contribution in [2.24, 2.45) is 0 Å². The third-order valence-electron chi connectivity index (χ3n) is 10.9. The van der Waals surface area contributed by atoms with Gasteiger partial charge in [0.1, 0.15) is 0 Å². The Morgan fingerprint density at radius 3 is 1.59 bits per heavy atom. The van der Waals surface area contributed by atoms with E-state index in [0.29, 0.717) is 0 Å². The first-order valence-corrected chi connectivity index (χ1v) is 20.7. The second-order valence-corrected chi connectivity index (χ2v) is 16.4. The molecule has 11 rings (SSSR count). The van der Waals surface area contributed by atoms with E-state index in [-0.39, 0.29) is 14.5 Å². The van der Waals surface area contributed by atoms with E-state index in [9.17, 15) is 0 Å². The molecule has 2 aromatic heterocycles. The summed E-state index contributed by atoms with van der Waals surface area (Å²) < 4.78 is 5.30. The van der Waals surface area contributed by atoms with Crippen molar-refractivity contribution in [1.29, 1.82) is 0 Å². The first-order chi connectivity index (χ1) is 27.8. The minimum absolute atomic E-state index is 0.235.